The van der Waals surface area contributed by atoms with Gasteiger partial charge in [0.25, 0.3) is 0 Å². The van der Waals surface area contributed by atoms with Crippen molar-refractivity contribution in [3.8, 4) is 0 Å². The molecule has 1 heterocycles. The van der Waals surface area contributed by atoms with E-state index in [4.69, 9.17) is 0 Å². The third-order valence-electron chi connectivity index (χ3n) is 1.43. The van der Waals surface area contributed by atoms with Crippen LogP contribution < -0.4 is 0 Å². The average molecular weight is 215 g/mol. The number of rotatable bonds is 3. The molecule has 0 unspecified atom stereocenters. The number of alkyl halides is 3. The number of hydrogen-bond donors (Lipinski definition) is 0. The third-order valence-corrected chi connectivity index (χ3v) is 1.43. The van der Waals surface area contributed by atoms with Crippen LogP contribution in [0.25, 0.3) is 0 Å². The zero-order valence-corrected chi connectivity index (χ0v) is 7.50. The topological polar surface area (TPSA) is 47.3 Å². The van der Waals surface area contributed by atoms with Gasteiger partial charge >= 0.3 is 16.3 Å². The van der Waals surface area contributed by atoms with E-state index in [9.17, 15) is 22.8 Å². The van der Waals surface area contributed by atoms with Crippen molar-refractivity contribution in [2.75, 3.05) is 0 Å². The molecule has 0 aliphatic carbocycles. The van der Waals surface area contributed by atoms with Gasteiger partial charge in [-0.25, -0.2) is 0 Å². The molecular weight excluding hydrogens is 210 g/mol. The molecule has 0 saturated carbocycles. The van der Waals surface area contributed by atoms with Crippen LogP contribution >= 0.6 is 0 Å². The Kier molecular flexibility index (Phi) is 4.42. The van der Waals surface area contributed by atoms with E-state index >= 15 is 0 Å². The molecule has 0 bridgehead atoms. The van der Waals surface area contributed by atoms with Gasteiger partial charge in [0, 0.05) is 0 Å². The van der Waals surface area contributed by atoms with E-state index in [0.717, 1.165) is 6.26 Å². The summed E-state index contributed by atoms with van der Waals surface area (Å²) < 4.78 is 39.7. The number of carbonyl (C=O) groups excluding carboxylic acids is 2. The van der Waals surface area contributed by atoms with E-state index in [-0.39, 0.29) is 15.9 Å². The summed E-state index contributed by atoms with van der Waals surface area (Å²) in [4.78, 5) is 21.3. The van der Waals surface area contributed by atoms with Crippen LogP contribution in [0.2, 0.25) is 0 Å². The summed E-state index contributed by atoms with van der Waals surface area (Å²) in [6, 6.07) is 2.55. The standard InChI is InChI=1S/C8H5F3O3.Be/c9-8(10,11)7(13)4-5(12)6-2-1-3-14-6;/h1-3H,4H2;/q;+2. The Bertz CT molecular complexity index is 343. The first-order valence-electron chi connectivity index (χ1n) is 3.58. The minimum atomic E-state index is -4.97. The Hall–Kier alpha value is -1.42. The summed E-state index contributed by atoms with van der Waals surface area (Å²) in [5, 5.41) is 0. The Balaban J connectivity index is 0.00000196. The zero-order chi connectivity index (χ0) is 10.8. The maximum absolute atomic E-state index is 11.7. The molecule has 0 fully saturated rings. The smallest absolute Gasteiger partial charge is 0.461 e. The van der Waals surface area contributed by atoms with Gasteiger partial charge in [0.05, 0.1) is 12.7 Å². The van der Waals surface area contributed by atoms with Gasteiger partial charge in [-0.3, -0.25) is 9.59 Å². The first-order chi connectivity index (χ1) is 6.41. The monoisotopic (exact) mass is 215 g/mol. The van der Waals surface area contributed by atoms with Crippen molar-refractivity contribution in [3.63, 3.8) is 0 Å². The minimum absolute atomic E-state index is 0. The van der Waals surface area contributed by atoms with Gasteiger partial charge in [-0.15, -0.1) is 0 Å². The number of hydrogen-bond acceptors (Lipinski definition) is 3. The summed E-state index contributed by atoms with van der Waals surface area (Å²) in [6.07, 6.45) is -5.04. The van der Waals surface area contributed by atoms with Crippen molar-refractivity contribution < 1.29 is 27.2 Å². The quantitative estimate of drug-likeness (QED) is 0.437. The Labute approximate surface area is 86.5 Å². The molecule has 0 aromatic carbocycles. The van der Waals surface area contributed by atoms with E-state index in [0.29, 0.717) is 0 Å². The molecule has 3 nitrogen and oxygen atoms in total. The first kappa shape index (κ1) is 13.6. The molecule has 0 amide bonds. The minimum Gasteiger partial charge on any atom is -0.461 e. The largest absolute Gasteiger partial charge is 2.00 e. The zero-order valence-electron chi connectivity index (χ0n) is 7.50. The maximum atomic E-state index is 11.7. The van der Waals surface area contributed by atoms with E-state index < -0.39 is 24.2 Å². The molecule has 0 N–H and O–H groups in total. The fourth-order valence-corrected chi connectivity index (χ4v) is 0.770. The van der Waals surface area contributed by atoms with Gasteiger partial charge in [0.15, 0.2) is 5.76 Å². The summed E-state index contributed by atoms with van der Waals surface area (Å²) in [6.45, 7) is 0. The van der Waals surface area contributed by atoms with Crippen LogP contribution in [0.4, 0.5) is 13.2 Å². The van der Waals surface area contributed by atoms with E-state index in [1.165, 1.54) is 12.1 Å². The molecule has 0 radical (unpaired) electrons. The second-order valence-electron chi connectivity index (χ2n) is 2.50. The molecule has 76 valence electrons. The normalized spacial score (nSPS) is 10.6. The van der Waals surface area contributed by atoms with Gasteiger partial charge < -0.3 is 4.42 Å². The molecule has 7 heteroatoms. The number of Topliss-reactive ketones (excluding diaryl/α,β-unsaturated/α-hetero) is 2. The summed E-state index contributed by atoms with van der Waals surface area (Å²) >= 11 is 0. The fraction of sp³-hybridized carbons (Fsp3) is 0.250. The van der Waals surface area contributed by atoms with Gasteiger partial charge in [-0.1, -0.05) is 0 Å². The average Bonchev–Trinajstić information content (AvgIpc) is 2.53. The van der Waals surface area contributed by atoms with Crippen molar-refractivity contribution >= 4 is 21.7 Å². The molecule has 0 aliphatic heterocycles. The van der Waals surface area contributed by atoms with Gasteiger partial charge in [-0.05, 0) is 12.1 Å². The molecule has 1 aromatic rings. The van der Waals surface area contributed by atoms with Crippen LogP contribution in [-0.2, 0) is 4.79 Å². The first-order valence-corrected chi connectivity index (χ1v) is 3.58. The molecule has 0 aliphatic rings. The maximum Gasteiger partial charge on any atom is 2.00 e. The molecular formula is C8H5BeF3O3+2. The van der Waals surface area contributed by atoms with Gasteiger partial charge in [-0.2, -0.15) is 13.2 Å². The fourth-order valence-electron chi connectivity index (χ4n) is 0.770. The third kappa shape index (κ3) is 3.67. The summed E-state index contributed by atoms with van der Waals surface area (Å²) in [5.41, 5.74) is 0. The Morgan fingerprint density at radius 2 is 1.93 bits per heavy atom. The van der Waals surface area contributed by atoms with Crippen LogP contribution in [0, 0.1) is 0 Å². The number of carbonyl (C=O) groups is 2. The van der Waals surface area contributed by atoms with E-state index in [1.807, 2.05) is 0 Å². The van der Waals surface area contributed by atoms with Crippen molar-refractivity contribution in [2.45, 2.75) is 12.6 Å². The second-order valence-corrected chi connectivity index (χ2v) is 2.50. The van der Waals surface area contributed by atoms with Crippen LogP contribution in [0.3, 0.4) is 0 Å². The molecule has 15 heavy (non-hydrogen) atoms. The van der Waals surface area contributed by atoms with Crippen molar-refractivity contribution in [1.29, 1.82) is 0 Å². The Morgan fingerprint density at radius 3 is 2.33 bits per heavy atom. The molecule has 0 atom stereocenters. The Morgan fingerprint density at radius 1 is 1.33 bits per heavy atom. The second kappa shape index (κ2) is 4.89. The van der Waals surface area contributed by atoms with E-state index in [2.05, 4.69) is 4.42 Å². The number of ketones is 2. The molecule has 1 aromatic heterocycles. The predicted octanol–water partition coefficient (Wildman–Crippen LogP) is 1.60. The van der Waals surface area contributed by atoms with Crippen LogP contribution in [0.5, 0.6) is 0 Å². The molecule has 0 spiro atoms. The number of halogens is 3. The van der Waals surface area contributed by atoms with Crippen molar-refractivity contribution in [1.82, 2.24) is 0 Å². The summed E-state index contributed by atoms with van der Waals surface area (Å²) in [7, 11) is 0. The van der Waals surface area contributed by atoms with Crippen molar-refractivity contribution in [3.05, 3.63) is 24.2 Å². The SMILES string of the molecule is O=C(CC(=O)C(F)(F)F)c1ccco1.[Be+2]. The van der Waals surface area contributed by atoms with Crippen LogP contribution in [0.1, 0.15) is 17.0 Å². The predicted molar refractivity (Wildman–Crippen MR) is 44.5 cm³/mol. The molecule has 1 rings (SSSR count). The van der Waals surface area contributed by atoms with Crippen molar-refractivity contribution in [2.24, 2.45) is 0 Å². The van der Waals surface area contributed by atoms with E-state index in [1.54, 1.807) is 0 Å². The molecule has 0 saturated heterocycles. The van der Waals surface area contributed by atoms with Gasteiger partial charge in [0.2, 0.25) is 11.6 Å². The van der Waals surface area contributed by atoms with Gasteiger partial charge in [0.1, 0.15) is 0 Å². The summed E-state index contributed by atoms with van der Waals surface area (Å²) in [5.74, 6) is -3.29. The number of furan rings is 1. The van der Waals surface area contributed by atoms with Crippen LogP contribution in [-0.4, -0.2) is 27.9 Å². The van der Waals surface area contributed by atoms with Crippen LogP contribution in [0.15, 0.2) is 22.8 Å².